The van der Waals surface area contributed by atoms with Crippen LogP contribution >= 0.6 is 28.3 Å². The average molecular weight is 343 g/mol. The van der Waals surface area contributed by atoms with Gasteiger partial charge < -0.3 is 14.7 Å². The van der Waals surface area contributed by atoms with E-state index in [9.17, 15) is 5.11 Å². The number of aromatic hydroxyl groups is 1. The molecule has 0 aliphatic carbocycles. The first kappa shape index (κ1) is 14.3. The topological polar surface area (TPSA) is 45.6 Å². The van der Waals surface area contributed by atoms with Gasteiger partial charge in [-0.1, -0.05) is 0 Å². The van der Waals surface area contributed by atoms with Crippen LogP contribution < -0.4 is 4.90 Å². The Balaban J connectivity index is 0.00000133. The molecule has 1 fully saturated rings. The molecule has 1 aliphatic heterocycles. The summed E-state index contributed by atoms with van der Waals surface area (Å²) in [5.41, 5.74) is 1.99. The van der Waals surface area contributed by atoms with Gasteiger partial charge in [-0.3, -0.25) is 0 Å². The van der Waals surface area contributed by atoms with E-state index in [-0.39, 0.29) is 22.7 Å². The zero-order valence-corrected chi connectivity index (χ0v) is 12.8. The average Bonchev–Trinajstić information content (AvgIpc) is 2.90. The minimum atomic E-state index is 0. The van der Waals surface area contributed by atoms with Crippen molar-refractivity contribution in [1.29, 1.82) is 0 Å². The Hall–Kier alpha value is -1.11. The SMILES string of the molecule is Br.Oc1ccc(-c2csc(N3CCOCC3)n2)cc1. The molecule has 6 heteroatoms. The van der Waals surface area contributed by atoms with Crippen molar-refractivity contribution in [2.75, 3.05) is 31.2 Å². The molecular weight excluding hydrogens is 328 g/mol. The summed E-state index contributed by atoms with van der Waals surface area (Å²) in [6.07, 6.45) is 0. The molecule has 4 nitrogen and oxygen atoms in total. The highest BCUT2D eigenvalue weighted by atomic mass is 79.9. The molecule has 2 aromatic rings. The monoisotopic (exact) mass is 342 g/mol. The lowest BCUT2D eigenvalue weighted by Gasteiger charge is -2.26. The third-order valence-electron chi connectivity index (χ3n) is 2.94. The van der Waals surface area contributed by atoms with Gasteiger partial charge in [0.05, 0.1) is 18.9 Å². The van der Waals surface area contributed by atoms with Crippen LogP contribution in [0.5, 0.6) is 5.75 Å². The number of benzene rings is 1. The number of phenolic OH excluding ortho intramolecular Hbond substituents is 1. The van der Waals surface area contributed by atoms with Gasteiger partial charge in [-0.05, 0) is 24.3 Å². The molecule has 0 unspecified atom stereocenters. The Morgan fingerprint density at radius 1 is 1.16 bits per heavy atom. The van der Waals surface area contributed by atoms with Crippen molar-refractivity contribution in [3.8, 4) is 17.0 Å². The highest BCUT2D eigenvalue weighted by Crippen LogP contribution is 2.28. The highest BCUT2D eigenvalue weighted by molar-refractivity contribution is 8.93. The molecule has 19 heavy (non-hydrogen) atoms. The van der Waals surface area contributed by atoms with Gasteiger partial charge in [-0.25, -0.2) is 4.98 Å². The smallest absolute Gasteiger partial charge is 0.186 e. The van der Waals surface area contributed by atoms with Crippen molar-refractivity contribution in [3.05, 3.63) is 29.6 Å². The van der Waals surface area contributed by atoms with E-state index in [0.717, 1.165) is 42.7 Å². The first-order valence-electron chi connectivity index (χ1n) is 5.90. The van der Waals surface area contributed by atoms with Crippen LogP contribution in [0, 0.1) is 0 Å². The van der Waals surface area contributed by atoms with E-state index in [1.54, 1.807) is 23.5 Å². The predicted molar refractivity (Wildman–Crippen MR) is 82.6 cm³/mol. The lowest BCUT2D eigenvalue weighted by Crippen LogP contribution is -2.36. The molecule has 0 amide bonds. The van der Waals surface area contributed by atoms with Crippen LogP contribution in [-0.2, 0) is 4.74 Å². The fraction of sp³-hybridized carbons (Fsp3) is 0.308. The van der Waals surface area contributed by atoms with Crippen LogP contribution in [0.3, 0.4) is 0 Å². The van der Waals surface area contributed by atoms with Crippen LogP contribution in [0.2, 0.25) is 0 Å². The number of rotatable bonds is 2. The van der Waals surface area contributed by atoms with Gasteiger partial charge >= 0.3 is 0 Å². The molecule has 3 rings (SSSR count). The Morgan fingerprint density at radius 2 is 1.84 bits per heavy atom. The summed E-state index contributed by atoms with van der Waals surface area (Å²) in [6.45, 7) is 3.35. The number of thiazole rings is 1. The number of anilines is 1. The van der Waals surface area contributed by atoms with Crippen LogP contribution in [0.15, 0.2) is 29.6 Å². The van der Waals surface area contributed by atoms with E-state index in [0.29, 0.717) is 0 Å². The van der Waals surface area contributed by atoms with E-state index in [1.165, 1.54) is 0 Å². The van der Waals surface area contributed by atoms with E-state index >= 15 is 0 Å². The molecule has 1 N–H and O–H groups in total. The van der Waals surface area contributed by atoms with Crippen molar-refractivity contribution in [3.63, 3.8) is 0 Å². The van der Waals surface area contributed by atoms with Crippen molar-refractivity contribution in [2.45, 2.75) is 0 Å². The van der Waals surface area contributed by atoms with Crippen LogP contribution in [0.1, 0.15) is 0 Å². The number of aromatic nitrogens is 1. The van der Waals surface area contributed by atoms with Crippen molar-refractivity contribution in [1.82, 2.24) is 4.98 Å². The highest BCUT2D eigenvalue weighted by Gasteiger charge is 2.15. The Kier molecular flexibility index (Phi) is 4.79. The molecule has 0 saturated carbocycles. The third kappa shape index (κ3) is 3.26. The van der Waals surface area contributed by atoms with Gasteiger partial charge in [0.2, 0.25) is 0 Å². The summed E-state index contributed by atoms with van der Waals surface area (Å²) in [5.74, 6) is 0.280. The Morgan fingerprint density at radius 3 is 2.53 bits per heavy atom. The van der Waals surface area contributed by atoms with E-state index in [2.05, 4.69) is 15.3 Å². The molecule has 0 spiro atoms. The quantitative estimate of drug-likeness (QED) is 0.911. The second-order valence-electron chi connectivity index (χ2n) is 4.16. The van der Waals surface area contributed by atoms with Gasteiger partial charge in [-0.15, -0.1) is 28.3 Å². The lowest BCUT2D eigenvalue weighted by atomic mass is 10.2. The maximum absolute atomic E-state index is 9.27. The zero-order chi connectivity index (χ0) is 12.4. The third-order valence-corrected chi connectivity index (χ3v) is 3.84. The molecule has 102 valence electrons. The molecule has 1 aromatic carbocycles. The largest absolute Gasteiger partial charge is 0.508 e. The summed E-state index contributed by atoms with van der Waals surface area (Å²) >= 11 is 1.65. The van der Waals surface area contributed by atoms with Gasteiger partial charge in [0.25, 0.3) is 0 Å². The molecule has 2 heterocycles. The van der Waals surface area contributed by atoms with Crippen LogP contribution in [0.4, 0.5) is 5.13 Å². The number of hydrogen-bond donors (Lipinski definition) is 1. The van der Waals surface area contributed by atoms with Gasteiger partial charge in [-0.2, -0.15) is 0 Å². The van der Waals surface area contributed by atoms with Gasteiger partial charge in [0.15, 0.2) is 5.13 Å². The van der Waals surface area contributed by atoms with Crippen LogP contribution in [0.25, 0.3) is 11.3 Å². The molecular formula is C13H15BrN2O2S. The molecule has 0 radical (unpaired) electrons. The van der Waals surface area contributed by atoms with Crippen molar-refractivity contribution < 1.29 is 9.84 Å². The first-order valence-corrected chi connectivity index (χ1v) is 6.78. The number of morpholine rings is 1. The van der Waals surface area contributed by atoms with Gasteiger partial charge in [0.1, 0.15) is 5.75 Å². The summed E-state index contributed by atoms with van der Waals surface area (Å²) in [7, 11) is 0. The Labute approximate surface area is 126 Å². The number of nitrogens with zero attached hydrogens (tertiary/aromatic N) is 2. The second kappa shape index (κ2) is 6.36. The minimum Gasteiger partial charge on any atom is -0.508 e. The zero-order valence-electron chi connectivity index (χ0n) is 10.3. The van der Waals surface area contributed by atoms with E-state index in [4.69, 9.17) is 4.74 Å². The molecule has 0 bridgehead atoms. The maximum atomic E-state index is 9.27. The van der Waals surface area contributed by atoms with Crippen molar-refractivity contribution >= 4 is 33.4 Å². The standard InChI is InChI=1S/C13H14N2O2S.BrH/c16-11-3-1-10(2-4-11)12-9-18-13(14-12)15-5-7-17-8-6-15;/h1-4,9,16H,5-8H2;1H. The predicted octanol–water partition coefficient (Wildman–Crippen LogP) is 2.93. The molecule has 1 aromatic heterocycles. The fourth-order valence-electron chi connectivity index (χ4n) is 1.93. The second-order valence-corrected chi connectivity index (χ2v) is 5.00. The van der Waals surface area contributed by atoms with E-state index < -0.39 is 0 Å². The number of phenols is 1. The van der Waals surface area contributed by atoms with Gasteiger partial charge in [0, 0.05) is 24.0 Å². The van der Waals surface area contributed by atoms with Crippen molar-refractivity contribution in [2.24, 2.45) is 0 Å². The summed E-state index contributed by atoms with van der Waals surface area (Å²) in [5, 5.41) is 12.4. The van der Waals surface area contributed by atoms with E-state index in [1.807, 2.05) is 12.1 Å². The lowest BCUT2D eigenvalue weighted by molar-refractivity contribution is 0.122. The van der Waals surface area contributed by atoms with Crippen LogP contribution in [-0.4, -0.2) is 36.4 Å². The molecule has 1 saturated heterocycles. The summed E-state index contributed by atoms with van der Waals surface area (Å²) < 4.78 is 5.33. The molecule has 0 atom stereocenters. The number of hydrogen-bond acceptors (Lipinski definition) is 5. The Bertz CT molecular complexity index is 524. The minimum absolute atomic E-state index is 0. The normalized spacial score (nSPS) is 15.1. The molecule has 1 aliphatic rings. The summed E-state index contributed by atoms with van der Waals surface area (Å²) in [4.78, 5) is 6.89. The number of ether oxygens (including phenoxy) is 1. The fourth-order valence-corrected chi connectivity index (χ4v) is 2.82. The maximum Gasteiger partial charge on any atom is 0.186 e. The summed E-state index contributed by atoms with van der Waals surface area (Å²) in [6, 6.07) is 7.13. The first-order chi connectivity index (χ1) is 8.83. The number of halogens is 1.